The predicted molar refractivity (Wildman–Crippen MR) is 76.2 cm³/mol. The third-order valence-corrected chi connectivity index (χ3v) is 4.47. The molecule has 0 unspecified atom stereocenters. The van der Waals surface area contributed by atoms with Crippen molar-refractivity contribution in [1.82, 2.24) is 20.2 Å². The molecule has 0 radical (unpaired) electrons. The summed E-state index contributed by atoms with van der Waals surface area (Å²) in [7, 11) is 0. The van der Waals surface area contributed by atoms with Gasteiger partial charge in [0.1, 0.15) is 12.4 Å². The first-order valence-electron chi connectivity index (χ1n) is 7.73. The van der Waals surface area contributed by atoms with Crippen LogP contribution >= 0.6 is 0 Å². The zero-order valence-corrected chi connectivity index (χ0v) is 12.2. The average molecular weight is 302 g/mol. The number of rotatable bonds is 2. The summed E-state index contributed by atoms with van der Waals surface area (Å²) in [6.07, 6.45) is 6.26. The van der Waals surface area contributed by atoms with Crippen LogP contribution in [0.1, 0.15) is 41.4 Å². The molecule has 2 saturated heterocycles. The maximum absolute atomic E-state index is 12.5. The maximum Gasteiger partial charge on any atom is 0.257 e. The molecule has 2 amide bonds. The highest BCUT2D eigenvalue weighted by Gasteiger charge is 2.36. The van der Waals surface area contributed by atoms with Crippen LogP contribution < -0.4 is 5.32 Å². The molecule has 22 heavy (non-hydrogen) atoms. The molecule has 3 aliphatic rings. The fourth-order valence-corrected chi connectivity index (χ4v) is 3.07. The zero-order chi connectivity index (χ0) is 15.1. The van der Waals surface area contributed by atoms with Gasteiger partial charge in [-0.2, -0.15) is 0 Å². The second-order valence-corrected chi connectivity index (χ2v) is 6.17. The highest BCUT2D eigenvalue weighted by Crippen LogP contribution is 2.37. The normalized spacial score (nSPS) is 28.0. The number of nitrogens with zero attached hydrogens (tertiary/aromatic N) is 3. The summed E-state index contributed by atoms with van der Waals surface area (Å²) in [4.78, 5) is 34.3. The largest absolute Gasteiger partial charge is 0.366 e. The lowest BCUT2D eigenvalue weighted by atomic mass is 10.00. The van der Waals surface area contributed by atoms with Gasteiger partial charge in [0.15, 0.2) is 0 Å². The highest BCUT2D eigenvalue weighted by molar-refractivity contribution is 5.93. The molecule has 7 nitrogen and oxygen atoms in total. The summed E-state index contributed by atoms with van der Waals surface area (Å²) in [5, 5.41) is 2.90. The average Bonchev–Trinajstić information content (AvgIpc) is 3.38. The predicted octanol–water partition coefficient (Wildman–Crippen LogP) is 0.0835. The van der Waals surface area contributed by atoms with E-state index in [-0.39, 0.29) is 30.6 Å². The number of carbonyl (C=O) groups excluding carboxylic acids is 2. The van der Waals surface area contributed by atoms with Gasteiger partial charge in [0.05, 0.1) is 17.7 Å². The Kier molecular flexibility index (Phi) is 3.29. The molecule has 1 saturated carbocycles. The Labute approximate surface area is 128 Å². The molecule has 3 heterocycles. The Morgan fingerprint density at radius 3 is 2.77 bits per heavy atom. The van der Waals surface area contributed by atoms with E-state index in [1.54, 1.807) is 17.3 Å². The standard InChI is InChI=1S/C15H18N4O3/c20-13-8-22-12-3-4-19(7-11(12)18-13)15(21)10-5-16-14(17-6-10)9-1-2-9/h5-6,9,11-12H,1-4,7-8H2,(H,18,20)/t11-,12+/m0/s1. The molecular weight excluding hydrogens is 284 g/mol. The summed E-state index contributed by atoms with van der Waals surface area (Å²) >= 11 is 0. The number of hydrogen-bond acceptors (Lipinski definition) is 5. The number of carbonyl (C=O) groups is 2. The number of likely N-dealkylation sites (tertiary alicyclic amines) is 1. The van der Waals surface area contributed by atoms with Crippen LogP contribution in [0.5, 0.6) is 0 Å². The second-order valence-electron chi connectivity index (χ2n) is 6.17. The molecular formula is C15H18N4O3. The van der Waals surface area contributed by atoms with E-state index in [1.165, 1.54) is 0 Å². The zero-order valence-electron chi connectivity index (χ0n) is 12.2. The van der Waals surface area contributed by atoms with E-state index in [1.807, 2.05) is 0 Å². The van der Waals surface area contributed by atoms with Gasteiger partial charge in [-0.1, -0.05) is 0 Å². The van der Waals surface area contributed by atoms with Gasteiger partial charge in [0.25, 0.3) is 5.91 Å². The number of hydrogen-bond donors (Lipinski definition) is 1. The smallest absolute Gasteiger partial charge is 0.257 e. The molecule has 0 aromatic carbocycles. The molecule has 4 rings (SSSR count). The molecule has 2 atom stereocenters. The molecule has 1 aromatic heterocycles. The van der Waals surface area contributed by atoms with E-state index >= 15 is 0 Å². The molecule has 1 aliphatic carbocycles. The van der Waals surface area contributed by atoms with Crippen LogP contribution in [-0.4, -0.2) is 58.5 Å². The SMILES string of the molecule is O=C1CO[C@@H]2CCN(C(=O)c3cnc(C4CC4)nc3)C[C@@H]2N1. The quantitative estimate of drug-likeness (QED) is 0.836. The van der Waals surface area contributed by atoms with Crippen LogP contribution in [0.15, 0.2) is 12.4 Å². The van der Waals surface area contributed by atoms with Crippen molar-refractivity contribution in [3.63, 3.8) is 0 Å². The minimum absolute atomic E-state index is 0.00948. The van der Waals surface area contributed by atoms with Gasteiger partial charge in [0, 0.05) is 31.4 Å². The summed E-state index contributed by atoms with van der Waals surface area (Å²) in [5.41, 5.74) is 0.505. The number of nitrogens with one attached hydrogen (secondary N) is 1. The van der Waals surface area contributed by atoms with Crippen LogP contribution in [-0.2, 0) is 9.53 Å². The Morgan fingerprint density at radius 1 is 1.27 bits per heavy atom. The first-order chi connectivity index (χ1) is 10.7. The fraction of sp³-hybridized carbons (Fsp3) is 0.600. The lowest BCUT2D eigenvalue weighted by Crippen LogP contribution is -2.61. The molecule has 1 N–H and O–H groups in total. The van der Waals surface area contributed by atoms with Crippen LogP contribution in [0.25, 0.3) is 0 Å². The van der Waals surface area contributed by atoms with Gasteiger partial charge in [-0.15, -0.1) is 0 Å². The molecule has 7 heteroatoms. The van der Waals surface area contributed by atoms with Crippen molar-refractivity contribution in [2.75, 3.05) is 19.7 Å². The van der Waals surface area contributed by atoms with Crippen molar-refractivity contribution in [1.29, 1.82) is 0 Å². The van der Waals surface area contributed by atoms with Crippen molar-refractivity contribution in [2.45, 2.75) is 37.3 Å². The minimum Gasteiger partial charge on any atom is -0.366 e. The molecule has 0 bridgehead atoms. The van der Waals surface area contributed by atoms with Crippen molar-refractivity contribution in [3.8, 4) is 0 Å². The number of piperidine rings is 1. The van der Waals surface area contributed by atoms with Crippen molar-refractivity contribution >= 4 is 11.8 Å². The molecule has 2 aliphatic heterocycles. The van der Waals surface area contributed by atoms with E-state index in [9.17, 15) is 9.59 Å². The molecule has 1 aromatic rings. The van der Waals surface area contributed by atoms with Crippen LogP contribution in [0.3, 0.4) is 0 Å². The van der Waals surface area contributed by atoms with Crippen molar-refractivity contribution in [3.05, 3.63) is 23.8 Å². The van der Waals surface area contributed by atoms with Gasteiger partial charge < -0.3 is 15.0 Å². The van der Waals surface area contributed by atoms with Crippen LogP contribution in [0, 0.1) is 0 Å². The lowest BCUT2D eigenvalue weighted by molar-refractivity contribution is -0.139. The topological polar surface area (TPSA) is 84.4 Å². The van der Waals surface area contributed by atoms with E-state index in [4.69, 9.17) is 4.74 Å². The number of morpholine rings is 1. The minimum atomic E-state index is -0.120. The van der Waals surface area contributed by atoms with Gasteiger partial charge in [-0.05, 0) is 19.3 Å². The van der Waals surface area contributed by atoms with Crippen LogP contribution in [0.2, 0.25) is 0 Å². The van der Waals surface area contributed by atoms with Gasteiger partial charge in [-0.25, -0.2) is 9.97 Å². The van der Waals surface area contributed by atoms with E-state index in [0.29, 0.717) is 24.6 Å². The van der Waals surface area contributed by atoms with Crippen molar-refractivity contribution < 1.29 is 14.3 Å². The first-order valence-corrected chi connectivity index (χ1v) is 7.73. The maximum atomic E-state index is 12.5. The first kappa shape index (κ1) is 13.6. The fourth-order valence-electron chi connectivity index (χ4n) is 3.07. The summed E-state index contributed by atoms with van der Waals surface area (Å²) in [6, 6.07) is -0.120. The molecule has 116 valence electrons. The van der Waals surface area contributed by atoms with Gasteiger partial charge in [0.2, 0.25) is 5.91 Å². The number of amides is 2. The highest BCUT2D eigenvalue weighted by atomic mass is 16.5. The number of fused-ring (bicyclic) bond motifs is 1. The van der Waals surface area contributed by atoms with Crippen molar-refractivity contribution in [2.24, 2.45) is 0 Å². The Balaban J connectivity index is 1.44. The van der Waals surface area contributed by atoms with E-state index in [2.05, 4.69) is 15.3 Å². The number of ether oxygens (including phenoxy) is 1. The Morgan fingerprint density at radius 2 is 2.05 bits per heavy atom. The lowest BCUT2D eigenvalue weighted by Gasteiger charge is -2.41. The Hall–Kier alpha value is -2.02. The Bertz CT molecular complexity index is 599. The van der Waals surface area contributed by atoms with E-state index < -0.39 is 0 Å². The van der Waals surface area contributed by atoms with Gasteiger partial charge >= 0.3 is 0 Å². The third kappa shape index (κ3) is 2.56. The van der Waals surface area contributed by atoms with Crippen LogP contribution in [0.4, 0.5) is 0 Å². The second kappa shape index (κ2) is 5.31. The summed E-state index contributed by atoms with van der Waals surface area (Å²) in [6.45, 7) is 1.21. The third-order valence-electron chi connectivity index (χ3n) is 4.47. The summed E-state index contributed by atoms with van der Waals surface area (Å²) in [5.74, 6) is 1.12. The summed E-state index contributed by atoms with van der Waals surface area (Å²) < 4.78 is 5.50. The van der Waals surface area contributed by atoms with Gasteiger partial charge in [-0.3, -0.25) is 9.59 Å². The molecule has 3 fully saturated rings. The van der Waals surface area contributed by atoms with E-state index in [0.717, 1.165) is 25.1 Å². The number of aromatic nitrogens is 2. The monoisotopic (exact) mass is 302 g/mol. The molecule has 0 spiro atoms.